The van der Waals surface area contributed by atoms with Crippen molar-refractivity contribution in [1.82, 2.24) is 9.80 Å². The van der Waals surface area contributed by atoms with Crippen molar-refractivity contribution in [3.8, 4) is 5.75 Å². The first-order chi connectivity index (χ1) is 16.8. The lowest BCUT2D eigenvalue weighted by molar-refractivity contribution is -0.140. The highest BCUT2D eigenvalue weighted by atomic mass is 19.1. The standard InChI is InChI=1S/C28H35FN2O4/c1-5-8-17-35-23-14-11-21(18-19(23)4)26(32)24-25(20-9-12-22(29)13-10-20)31(28(34)27(24)33)16-15-30(6-2)7-3/h9-14,18,25,32H,5-8,15-17H2,1-4H3/b26-24+/t25-/m0/s1. The summed E-state index contributed by atoms with van der Waals surface area (Å²) >= 11 is 0. The summed E-state index contributed by atoms with van der Waals surface area (Å²) in [7, 11) is 0. The summed E-state index contributed by atoms with van der Waals surface area (Å²) in [5.41, 5.74) is 1.83. The average molecular weight is 483 g/mol. The number of hydrogen-bond donors (Lipinski definition) is 1. The zero-order chi connectivity index (χ0) is 25.5. The Labute approximate surface area is 207 Å². The molecule has 1 heterocycles. The number of likely N-dealkylation sites (tertiary alicyclic amines) is 1. The fourth-order valence-electron chi connectivity index (χ4n) is 4.33. The quantitative estimate of drug-likeness (QED) is 0.209. The molecule has 35 heavy (non-hydrogen) atoms. The SMILES string of the molecule is CCCCOc1ccc(/C(O)=C2\C(=O)C(=O)N(CCN(CC)CC)[C@H]2c2ccc(F)cc2)cc1C. The highest BCUT2D eigenvalue weighted by molar-refractivity contribution is 6.46. The van der Waals surface area contributed by atoms with Crippen molar-refractivity contribution in [3.05, 3.63) is 70.5 Å². The molecule has 0 radical (unpaired) electrons. The minimum atomic E-state index is -0.799. The molecule has 1 aliphatic heterocycles. The van der Waals surface area contributed by atoms with Crippen molar-refractivity contribution < 1.29 is 23.8 Å². The summed E-state index contributed by atoms with van der Waals surface area (Å²) < 4.78 is 19.5. The van der Waals surface area contributed by atoms with Gasteiger partial charge in [0.15, 0.2) is 0 Å². The highest BCUT2D eigenvalue weighted by Gasteiger charge is 2.46. The second-order valence-corrected chi connectivity index (χ2v) is 8.75. The number of aliphatic hydroxyl groups is 1. The molecule has 188 valence electrons. The van der Waals surface area contributed by atoms with Crippen LogP contribution >= 0.6 is 0 Å². The summed E-state index contributed by atoms with van der Waals surface area (Å²) in [6.07, 6.45) is 1.96. The summed E-state index contributed by atoms with van der Waals surface area (Å²) in [6, 6.07) is 10.1. The highest BCUT2D eigenvalue weighted by Crippen LogP contribution is 2.39. The first kappa shape index (κ1) is 26.4. The largest absolute Gasteiger partial charge is 0.507 e. The lowest BCUT2D eigenvalue weighted by atomic mass is 9.94. The molecule has 2 aromatic rings. The lowest BCUT2D eigenvalue weighted by Crippen LogP contribution is -2.38. The van der Waals surface area contributed by atoms with E-state index in [0.29, 0.717) is 36.6 Å². The predicted molar refractivity (Wildman–Crippen MR) is 135 cm³/mol. The van der Waals surface area contributed by atoms with Gasteiger partial charge in [0, 0.05) is 18.7 Å². The van der Waals surface area contributed by atoms with Gasteiger partial charge < -0.3 is 19.6 Å². The third-order valence-electron chi connectivity index (χ3n) is 6.48. The molecule has 1 N–H and O–H groups in total. The fourth-order valence-corrected chi connectivity index (χ4v) is 4.33. The number of amides is 1. The molecule has 0 saturated carbocycles. The molecule has 6 nitrogen and oxygen atoms in total. The number of likely N-dealkylation sites (N-methyl/N-ethyl adjacent to an activating group) is 1. The Morgan fingerprint density at radius 3 is 2.37 bits per heavy atom. The smallest absolute Gasteiger partial charge is 0.295 e. The van der Waals surface area contributed by atoms with E-state index in [0.717, 1.165) is 31.5 Å². The van der Waals surface area contributed by atoms with Crippen LogP contribution < -0.4 is 4.74 Å². The van der Waals surface area contributed by atoms with Gasteiger partial charge in [0.2, 0.25) is 0 Å². The summed E-state index contributed by atoms with van der Waals surface area (Å²) in [6.45, 7) is 11.2. The molecule has 1 fully saturated rings. The zero-order valence-corrected chi connectivity index (χ0v) is 21.0. The predicted octanol–water partition coefficient (Wildman–Crippen LogP) is 5.08. The number of carbonyl (C=O) groups is 2. The number of aliphatic hydroxyl groups excluding tert-OH is 1. The van der Waals surface area contributed by atoms with Gasteiger partial charge in [0.25, 0.3) is 11.7 Å². The van der Waals surface area contributed by atoms with Gasteiger partial charge in [0.1, 0.15) is 17.3 Å². The Morgan fingerprint density at radius 1 is 1.09 bits per heavy atom. The van der Waals surface area contributed by atoms with Crippen LogP contribution in [0.15, 0.2) is 48.0 Å². The van der Waals surface area contributed by atoms with Gasteiger partial charge in [-0.15, -0.1) is 0 Å². The molecule has 0 aromatic heterocycles. The first-order valence-corrected chi connectivity index (χ1v) is 12.3. The van der Waals surface area contributed by atoms with E-state index >= 15 is 0 Å². The lowest BCUT2D eigenvalue weighted by Gasteiger charge is -2.28. The van der Waals surface area contributed by atoms with Gasteiger partial charge in [-0.2, -0.15) is 0 Å². The number of hydrogen-bond acceptors (Lipinski definition) is 5. The van der Waals surface area contributed by atoms with Crippen LogP contribution in [0.3, 0.4) is 0 Å². The van der Waals surface area contributed by atoms with Gasteiger partial charge in [-0.3, -0.25) is 9.59 Å². The third-order valence-corrected chi connectivity index (χ3v) is 6.48. The Balaban J connectivity index is 2.03. The minimum Gasteiger partial charge on any atom is -0.507 e. The average Bonchev–Trinajstić information content (AvgIpc) is 3.10. The van der Waals surface area contributed by atoms with Gasteiger partial charge in [-0.1, -0.05) is 39.3 Å². The van der Waals surface area contributed by atoms with E-state index in [1.54, 1.807) is 30.3 Å². The van der Waals surface area contributed by atoms with E-state index in [1.165, 1.54) is 17.0 Å². The van der Waals surface area contributed by atoms with E-state index in [-0.39, 0.29) is 11.3 Å². The topological polar surface area (TPSA) is 70.1 Å². The van der Waals surface area contributed by atoms with E-state index in [1.807, 2.05) is 20.8 Å². The van der Waals surface area contributed by atoms with Gasteiger partial charge in [0.05, 0.1) is 18.2 Å². The Bertz CT molecular complexity index is 1080. The van der Waals surface area contributed by atoms with E-state index in [2.05, 4.69) is 11.8 Å². The number of ketones is 1. The van der Waals surface area contributed by atoms with Crippen LogP contribution in [0, 0.1) is 12.7 Å². The molecule has 2 aromatic carbocycles. The summed E-state index contributed by atoms with van der Waals surface area (Å²) in [4.78, 5) is 29.9. The maximum Gasteiger partial charge on any atom is 0.295 e. The van der Waals surface area contributed by atoms with Crippen LogP contribution in [0.4, 0.5) is 4.39 Å². The first-order valence-electron chi connectivity index (χ1n) is 12.3. The van der Waals surface area contributed by atoms with Crippen LogP contribution in [0.2, 0.25) is 0 Å². The molecule has 0 bridgehead atoms. The second-order valence-electron chi connectivity index (χ2n) is 8.75. The van der Waals surface area contributed by atoms with Crippen molar-refractivity contribution in [2.75, 3.05) is 32.8 Å². The molecular formula is C28H35FN2O4. The van der Waals surface area contributed by atoms with Gasteiger partial charge in [-0.05, 0) is 67.9 Å². The van der Waals surface area contributed by atoms with Gasteiger partial charge >= 0.3 is 0 Å². The van der Waals surface area contributed by atoms with Crippen molar-refractivity contribution in [2.24, 2.45) is 0 Å². The molecule has 0 aliphatic carbocycles. The van der Waals surface area contributed by atoms with Crippen molar-refractivity contribution >= 4 is 17.4 Å². The number of ether oxygens (including phenoxy) is 1. The van der Waals surface area contributed by atoms with E-state index < -0.39 is 23.5 Å². The maximum absolute atomic E-state index is 13.7. The number of halogens is 1. The Kier molecular flexibility index (Phi) is 9.04. The molecule has 1 atom stereocenters. The number of aryl methyl sites for hydroxylation is 1. The van der Waals surface area contributed by atoms with Crippen molar-refractivity contribution in [3.63, 3.8) is 0 Å². The van der Waals surface area contributed by atoms with Crippen molar-refractivity contribution in [1.29, 1.82) is 0 Å². The van der Waals surface area contributed by atoms with Gasteiger partial charge in [-0.25, -0.2) is 4.39 Å². The summed E-state index contributed by atoms with van der Waals surface area (Å²) in [5, 5.41) is 11.3. The molecule has 1 amide bonds. The number of nitrogens with zero attached hydrogens (tertiary/aromatic N) is 2. The number of rotatable bonds is 11. The number of Topliss-reactive ketones (excluding diaryl/α,β-unsaturated/α-hetero) is 1. The molecule has 0 spiro atoms. The van der Waals surface area contributed by atoms with Crippen molar-refractivity contribution in [2.45, 2.75) is 46.6 Å². The molecule has 1 aliphatic rings. The molecule has 7 heteroatoms. The van der Waals surface area contributed by atoms with E-state index in [9.17, 15) is 19.1 Å². The number of benzene rings is 2. The Morgan fingerprint density at radius 2 is 1.77 bits per heavy atom. The minimum absolute atomic E-state index is 0.0141. The summed E-state index contributed by atoms with van der Waals surface area (Å²) in [5.74, 6) is -1.35. The number of unbranched alkanes of at least 4 members (excludes halogenated alkanes) is 1. The zero-order valence-electron chi connectivity index (χ0n) is 21.0. The van der Waals surface area contributed by atoms with E-state index in [4.69, 9.17) is 4.74 Å². The molecule has 3 rings (SSSR count). The molecular weight excluding hydrogens is 447 g/mol. The molecule has 1 saturated heterocycles. The van der Waals surface area contributed by atoms with Crippen LogP contribution in [-0.2, 0) is 9.59 Å². The Hall–Kier alpha value is -3.19. The van der Waals surface area contributed by atoms with Crippen LogP contribution in [-0.4, -0.2) is 59.4 Å². The maximum atomic E-state index is 13.7. The fraction of sp³-hybridized carbons (Fsp3) is 0.429. The monoisotopic (exact) mass is 482 g/mol. The second kappa shape index (κ2) is 12.0. The van der Waals surface area contributed by atoms with Crippen LogP contribution in [0.25, 0.3) is 5.76 Å². The normalized spacial score (nSPS) is 17.4. The molecule has 0 unspecified atom stereocenters. The van der Waals surface area contributed by atoms with Crippen LogP contribution in [0.5, 0.6) is 5.75 Å². The third kappa shape index (κ3) is 5.90. The van der Waals surface area contributed by atoms with Crippen LogP contribution in [0.1, 0.15) is 56.3 Å². The number of carbonyl (C=O) groups excluding carboxylic acids is 2.